The van der Waals surface area contributed by atoms with Gasteiger partial charge in [-0.1, -0.05) is 60.7 Å². The van der Waals surface area contributed by atoms with E-state index in [1.54, 1.807) is 0 Å². The minimum Gasteiger partial charge on any atom is -0.458 e. The second kappa shape index (κ2) is 9.04. The minimum absolute atomic E-state index is 0.0663. The molecule has 0 spiro atoms. The van der Waals surface area contributed by atoms with Crippen LogP contribution in [0.3, 0.4) is 0 Å². The summed E-state index contributed by atoms with van der Waals surface area (Å²) in [5.74, 6) is 5.20. The van der Waals surface area contributed by atoms with E-state index in [0.717, 1.165) is 68.1 Å². The fraction of sp³-hybridized carbons (Fsp3) is 0.0526. The van der Waals surface area contributed by atoms with E-state index in [9.17, 15) is 0 Å². The molecule has 0 atom stereocenters. The molecule has 0 saturated heterocycles. The van der Waals surface area contributed by atoms with Crippen molar-refractivity contribution in [3.8, 4) is 45.6 Å². The topological polar surface area (TPSA) is 30.9 Å². The van der Waals surface area contributed by atoms with Crippen LogP contribution in [0.5, 0.6) is 34.5 Å². The molecule has 3 aliphatic heterocycles. The largest absolute Gasteiger partial charge is 0.458 e. The molecule has 0 radical (unpaired) electrons. The fourth-order valence-corrected chi connectivity index (χ4v) is 6.66. The molecule has 6 aromatic carbocycles. The van der Waals surface area contributed by atoms with Crippen LogP contribution in [0.25, 0.3) is 11.1 Å². The van der Waals surface area contributed by atoms with Gasteiger partial charge in [-0.05, 0) is 108 Å². The molecule has 0 N–H and O–H groups in total. The van der Waals surface area contributed by atoms with Crippen LogP contribution in [-0.4, -0.2) is 6.71 Å². The molecule has 0 unspecified atom stereocenters. The van der Waals surface area contributed by atoms with E-state index in [2.05, 4.69) is 104 Å². The van der Waals surface area contributed by atoms with Gasteiger partial charge in [0.1, 0.15) is 23.0 Å². The van der Waals surface area contributed by atoms with Crippen LogP contribution in [0.1, 0.15) is 11.1 Å². The minimum atomic E-state index is 0.0663. The van der Waals surface area contributed by atoms with Crippen LogP contribution >= 0.6 is 0 Å². The Labute approximate surface area is 250 Å². The molecule has 0 fully saturated rings. The normalized spacial score (nSPS) is 13.3. The molecule has 3 heterocycles. The first-order chi connectivity index (χ1) is 21.1. The highest BCUT2D eigenvalue weighted by molar-refractivity contribution is 6.98. The maximum Gasteiger partial charge on any atom is 0.260 e. The lowest BCUT2D eigenvalue weighted by molar-refractivity contribution is 0.464. The van der Waals surface area contributed by atoms with Crippen LogP contribution in [0.4, 0.5) is 17.1 Å². The van der Waals surface area contributed by atoms with Crippen LogP contribution < -0.4 is 35.5 Å². The van der Waals surface area contributed by atoms with Gasteiger partial charge in [0.25, 0.3) is 6.71 Å². The van der Waals surface area contributed by atoms with Crippen molar-refractivity contribution in [1.29, 1.82) is 0 Å². The number of benzene rings is 6. The van der Waals surface area contributed by atoms with E-state index >= 15 is 0 Å². The van der Waals surface area contributed by atoms with Gasteiger partial charge in [0.05, 0.1) is 11.4 Å². The molecule has 0 amide bonds. The monoisotopic (exact) mass is 555 g/mol. The number of para-hydroxylation sites is 4. The summed E-state index contributed by atoms with van der Waals surface area (Å²) in [4.78, 5) is 2.25. The number of anilines is 3. The summed E-state index contributed by atoms with van der Waals surface area (Å²) in [6.07, 6.45) is 0. The first-order valence-electron chi connectivity index (χ1n) is 14.6. The second-order valence-electron chi connectivity index (χ2n) is 11.5. The average Bonchev–Trinajstić information content (AvgIpc) is 3.03. The Morgan fingerprint density at radius 2 is 0.977 bits per heavy atom. The predicted octanol–water partition coefficient (Wildman–Crippen LogP) is 8.27. The van der Waals surface area contributed by atoms with Crippen molar-refractivity contribution < 1.29 is 14.2 Å². The van der Waals surface area contributed by atoms with Crippen molar-refractivity contribution in [2.45, 2.75) is 13.8 Å². The van der Waals surface area contributed by atoms with Crippen LogP contribution in [-0.2, 0) is 0 Å². The molecule has 9 rings (SSSR count). The van der Waals surface area contributed by atoms with Crippen molar-refractivity contribution in [3.63, 3.8) is 0 Å². The molecule has 43 heavy (non-hydrogen) atoms. The van der Waals surface area contributed by atoms with E-state index in [1.165, 1.54) is 22.1 Å². The van der Waals surface area contributed by atoms with Gasteiger partial charge in [-0.25, -0.2) is 0 Å². The average molecular weight is 555 g/mol. The van der Waals surface area contributed by atoms with Gasteiger partial charge in [0, 0.05) is 11.2 Å². The molecule has 0 aliphatic carbocycles. The van der Waals surface area contributed by atoms with Gasteiger partial charge in [0.2, 0.25) is 0 Å². The Morgan fingerprint density at radius 1 is 0.465 bits per heavy atom. The van der Waals surface area contributed by atoms with E-state index in [1.807, 2.05) is 36.4 Å². The quantitative estimate of drug-likeness (QED) is 0.201. The number of nitrogens with zero attached hydrogens (tertiary/aromatic N) is 1. The number of fused-ring (bicyclic) bond motifs is 6. The SMILES string of the molecule is Cc1ccc2c(c1)Oc1cc(-c3ccc(N4c5ccccc5Oc5ccccc54)cc3)cc3c1B2c1ccc(C)cc1O3. The Bertz CT molecular complexity index is 1980. The number of hydrogen-bond donors (Lipinski definition) is 0. The Kier molecular flexibility index (Phi) is 5.09. The van der Waals surface area contributed by atoms with Crippen molar-refractivity contribution in [2.24, 2.45) is 0 Å². The van der Waals surface area contributed by atoms with Crippen molar-refractivity contribution >= 4 is 40.2 Å². The Balaban J connectivity index is 1.16. The smallest absolute Gasteiger partial charge is 0.260 e. The number of ether oxygens (including phenoxy) is 3. The summed E-state index contributed by atoms with van der Waals surface area (Å²) in [6.45, 7) is 4.28. The third-order valence-electron chi connectivity index (χ3n) is 8.68. The summed E-state index contributed by atoms with van der Waals surface area (Å²) in [7, 11) is 0. The molecule has 204 valence electrons. The highest BCUT2D eigenvalue weighted by Crippen LogP contribution is 2.50. The van der Waals surface area contributed by atoms with Crippen molar-refractivity contribution in [2.75, 3.05) is 4.90 Å². The summed E-state index contributed by atoms with van der Waals surface area (Å²) in [5, 5.41) is 0. The van der Waals surface area contributed by atoms with Gasteiger partial charge in [-0.2, -0.15) is 0 Å². The Hall–Kier alpha value is -5.42. The predicted molar refractivity (Wildman–Crippen MR) is 174 cm³/mol. The lowest BCUT2D eigenvalue weighted by Crippen LogP contribution is -2.57. The van der Waals surface area contributed by atoms with E-state index in [0.29, 0.717) is 0 Å². The Morgan fingerprint density at radius 3 is 1.53 bits per heavy atom. The number of aryl methyl sites for hydroxylation is 2. The van der Waals surface area contributed by atoms with Crippen LogP contribution in [0.2, 0.25) is 0 Å². The molecular weight excluding hydrogens is 529 g/mol. The summed E-state index contributed by atoms with van der Waals surface area (Å²) >= 11 is 0. The van der Waals surface area contributed by atoms with Crippen LogP contribution in [0, 0.1) is 13.8 Å². The van der Waals surface area contributed by atoms with E-state index in [-0.39, 0.29) is 6.71 Å². The summed E-state index contributed by atoms with van der Waals surface area (Å²) in [5.41, 5.74) is 11.0. The summed E-state index contributed by atoms with van der Waals surface area (Å²) < 4.78 is 19.4. The maximum atomic E-state index is 6.60. The van der Waals surface area contributed by atoms with Gasteiger partial charge in [-0.15, -0.1) is 0 Å². The second-order valence-corrected chi connectivity index (χ2v) is 11.5. The zero-order valence-electron chi connectivity index (χ0n) is 23.8. The molecule has 0 aromatic heterocycles. The highest BCUT2D eigenvalue weighted by atomic mass is 16.5. The third-order valence-corrected chi connectivity index (χ3v) is 8.68. The highest BCUT2D eigenvalue weighted by Gasteiger charge is 2.40. The third kappa shape index (κ3) is 3.71. The zero-order chi connectivity index (χ0) is 28.7. The first-order valence-corrected chi connectivity index (χ1v) is 14.6. The molecular formula is C38H26BNO3. The van der Waals surface area contributed by atoms with E-state index in [4.69, 9.17) is 14.2 Å². The first kappa shape index (κ1) is 24.2. The van der Waals surface area contributed by atoms with Gasteiger partial charge >= 0.3 is 0 Å². The lowest BCUT2D eigenvalue weighted by Gasteiger charge is -2.34. The molecule has 5 heteroatoms. The molecule has 0 saturated carbocycles. The lowest BCUT2D eigenvalue weighted by atomic mass is 9.34. The van der Waals surface area contributed by atoms with E-state index < -0.39 is 0 Å². The molecule has 6 aromatic rings. The molecule has 4 nitrogen and oxygen atoms in total. The molecule has 0 bridgehead atoms. The van der Waals surface area contributed by atoms with Gasteiger partial charge in [0.15, 0.2) is 11.5 Å². The zero-order valence-corrected chi connectivity index (χ0v) is 23.8. The fourth-order valence-electron chi connectivity index (χ4n) is 6.66. The van der Waals surface area contributed by atoms with Crippen molar-refractivity contribution in [1.82, 2.24) is 0 Å². The summed E-state index contributed by atoms with van der Waals surface area (Å²) in [6, 6.07) is 42.3. The maximum absolute atomic E-state index is 6.60. The van der Waals surface area contributed by atoms with Crippen molar-refractivity contribution in [3.05, 3.63) is 132 Å². The van der Waals surface area contributed by atoms with Crippen LogP contribution in [0.15, 0.2) is 121 Å². The number of hydrogen-bond acceptors (Lipinski definition) is 4. The number of rotatable bonds is 2. The standard InChI is InChI=1S/C38H26BNO3/c1-23-11-17-28-34(19-23)42-36-21-26(22-37-38(36)39(28)29-18-12-24(2)20-35(29)43-37)25-13-15-27(16-14-25)40-30-7-3-5-9-32(30)41-33-10-6-4-8-31(33)40/h3-22H,1-2H3. The van der Waals surface area contributed by atoms with Gasteiger partial charge in [-0.3, -0.25) is 0 Å². The molecule has 3 aliphatic rings. The van der Waals surface area contributed by atoms with Gasteiger partial charge < -0.3 is 19.1 Å².